The number of halogens is 4. The number of aryl methyl sites for hydroxylation is 2. The van der Waals surface area contributed by atoms with Crippen molar-refractivity contribution in [2.45, 2.75) is 38.8 Å². The van der Waals surface area contributed by atoms with Crippen LogP contribution >= 0.6 is 27.7 Å². The number of fused-ring (bicyclic) bond motifs is 1. The molecule has 0 aromatic carbocycles. The normalized spacial score (nSPS) is 11.4. The molecule has 0 spiro atoms. The van der Waals surface area contributed by atoms with E-state index in [-0.39, 0.29) is 11.2 Å². The molecule has 0 aliphatic rings. The largest absolute Gasteiger partial charge is 0.433 e. The molecule has 0 aliphatic carbocycles. The summed E-state index contributed by atoms with van der Waals surface area (Å²) in [5, 5.41) is 0. The molecule has 0 radical (unpaired) electrons. The van der Waals surface area contributed by atoms with E-state index in [1.54, 1.807) is 30.3 Å². The molecule has 0 amide bonds. The molecule has 0 atom stereocenters. The summed E-state index contributed by atoms with van der Waals surface area (Å²) in [6.45, 7) is 7.58. The van der Waals surface area contributed by atoms with E-state index in [9.17, 15) is 13.2 Å². The predicted octanol–water partition coefficient (Wildman–Crippen LogP) is 6.26. The molecule has 3 aromatic heterocycles. The lowest BCUT2D eigenvalue weighted by Crippen LogP contribution is -2.09. The SMILES string of the molecule is CC.CCSc1ccc(Br)nc1-c1nc2cc(C(F)(F)F)nc(C)c2n1C. The summed E-state index contributed by atoms with van der Waals surface area (Å²) >= 11 is 4.95. The van der Waals surface area contributed by atoms with Crippen molar-refractivity contribution in [2.24, 2.45) is 7.05 Å². The Kier molecular flexibility index (Phi) is 6.91. The second kappa shape index (κ2) is 8.60. The number of hydrogen-bond acceptors (Lipinski definition) is 4. The highest BCUT2D eigenvalue weighted by Crippen LogP contribution is 2.35. The Bertz CT molecular complexity index is 954. The van der Waals surface area contributed by atoms with E-state index in [0.717, 1.165) is 16.7 Å². The molecule has 4 nitrogen and oxygen atoms in total. The minimum Gasteiger partial charge on any atom is -0.324 e. The van der Waals surface area contributed by atoms with Crippen molar-refractivity contribution in [2.75, 3.05) is 5.75 Å². The maximum atomic E-state index is 13.0. The van der Waals surface area contributed by atoms with Gasteiger partial charge in [-0.1, -0.05) is 20.8 Å². The van der Waals surface area contributed by atoms with Gasteiger partial charge in [0.2, 0.25) is 0 Å². The third kappa shape index (κ3) is 4.45. The Hall–Kier alpha value is -1.61. The van der Waals surface area contributed by atoms with Crippen molar-refractivity contribution in [3.63, 3.8) is 0 Å². The maximum Gasteiger partial charge on any atom is 0.433 e. The van der Waals surface area contributed by atoms with E-state index in [2.05, 4.69) is 30.9 Å². The first-order valence-electron chi connectivity index (χ1n) is 8.43. The molecular weight excluding hydrogens is 441 g/mol. The topological polar surface area (TPSA) is 43.6 Å². The van der Waals surface area contributed by atoms with Crippen molar-refractivity contribution < 1.29 is 13.2 Å². The zero-order valence-electron chi connectivity index (χ0n) is 15.6. The Labute approximate surface area is 168 Å². The number of hydrogen-bond donors (Lipinski definition) is 0. The van der Waals surface area contributed by atoms with Gasteiger partial charge < -0.3 is 4.57 Å². The number of imidazole rings is 1. The lowest BCUT2D eigenvalue weighted by atomic mass is 10.2. The standard InChI is InChI=1S/C16H14BrF3N4S.C2H6/c1-4-25-10-5-6-12(17)23-13(10)15-22-9-7-11(16(18,19)20)21-8(2)14(9)24(15)3;1-2/h5-7H,4H2,1-3H3;1-2H3. The van der Waals surface area contributed by atoms with Gasteiger partial charge in [0.15, 0.2) is 5.82 Å². The summed E-state index contributed by atoms with van der Waals surface area (Å²) in [5.41, 5.74) is 0.801. The first-order valence-corrected chi connectivity index (χ1v) is 10.2. The first kappa shape index (κ1) is 21.7. The molecule has 9 heteroatoms. The summed E-state index contributed by atoms with van der Waals surface area (Å²) in [7, 11) is 1.76. The summed E-state index contributed by atoms with van der Waals surface area (Å²) < 4.78 is 41.5. The Morgan fingerprint density at radius 1 is 1.15 bits per heavy atom. The van der Waals surface area contributed by atoms with Crippen LogP contribution in [0.5, 0.6) is 0 Å². The highest BCUT2D eigenvalue weighted by Gasteiger charge is 2.34. The van der Waals surface area contributed by atoms with E-state index in [0.29, 0.717) is 21.6 Å². The van der Waals surface area contributed by atoms with Gasteiger partial charge >= 0.3 is 6.18 Å². The third-order valence-corrected chi connectivity index (χ3v) is 5.02. The molecule has 0 aliphatic heterocycles. The van der Waals surface area contributed by atoms with Gasteiger partial charge in [0.05, 0.1) is 16.7 Å². The number of alkyl halides is 3. The monoisotopic (exact) mass is 460 g/mol. The zero-order chi connectivity index (χ0) is 20.4. The van der Waals surface area contributed by atoms with Crippen LogP contribution in [0.2, 0.25) is 0 Å². The van der Waals surface area contributed by atoms with Crippen molar-refractivity contribution in [1.29, 1.82) is 0 Å². The maximum absolute atomic E-state index is 13.0. The molecule has 3 heterocycles. The summed E-state index contributed by atoms with van der Waals surface area (Å²) in [6.07, 6.45) is -4.51. The second-order valence-corrected chi connectivity index (χ2v) is 7.48. The molecule has 3 rings (SSSR count). The van der Waals surface area contributed by atoms with Crippen LogP contribution < -0.4 is 0 Å². The molecule has 0 saturated carbocycles. The first-order chi connectivity index (χ1) is 12.7. The fourth-order valence-electron chi connectivity index (χ4n) is 2.66. The van der Waals surface area contributed by atoms with Crippen LogP contribution in [0.25, 0.3) is 22.6 Å². The number of rotatable bonds is 3. The van der Waals surface area contributed by atoms with Crippen LogP contribution in [0.1, 0.15) is 32.2 Å². The Morgan fingerprint density at radius 3 is 2.41 bits per heavy atom. The highest BCUT2D eigenvalue weighted by atomic mass is 79.9. The van der Waals surface area contributed by atoms with Crippen LogP contribution in [0.3, 0.4) is 0 Å². The minimum absolute atomic E-state index is 0.256. The van der Waals surface area contributed by atoms with Gasteiger partial charge in [0, 0.05) is 11.9 Å². The van der Waals surface area contributed by atoms with Crippen LogP contribution in [0.15, 0.2) is 27.7 Å². The second-order valence-electron chi connectivity index (χ2n) is 5.37. The van der Waals surface area contributed by atoms with E-state index in [1.807, 2.05) is 32.9 Å². The molecule has 0 fully saturated rings. The smallest absolute Gasteiger partial charge is 0.324 e. The Balaban J connectivity index is 0.00000126. The van der Waals surface area contributed by atoms with Gasteiger partial charge in [-0.05, 0) is 46.8 Å². The average Bonchev–Trinajstić information content (AvgIpc) is 2.95. The molecule has 146 valence electrons. The van der Waals surface area contributed by atoms with E-state index < -0.39 is 11.9 Å². The quantitative estimate of drug-likeness (QED) is 0.341. The van der Waals surface area contributed by atoms with Crippen molar-refractivity contribution >= 4 is 38.7 Å². The van der Waals surface area contributed by atoms with Crippen LogP contribution in [0.4, 0.5) is 13.2 Å². The van der Waals surface area contributed by atoms with Crippen LogP contribution in [0, 0.1) is 6.92 Å². The van der Waals surface area contributed by atoms with Gasteiger partial charge in [-0.25, -0.2) is 15.0 Å². The predicted molar refractivity (Wildman–Crippen MR) is 107 cm³/mol. The minimum atomic E-state index is -4.51. The van der Waals surface area contributed by atoms with Gasteiger partial charge in [0.25, 0.3) is 0 Å². The molecule has 0 N–H and O–H groups in total. The van der Waals surface area contributed by atoms with Gasteiger partial charge in [-0.15, -0.1) is 11.8 Å². The van der Waals surface area contributed by atoms with Gasteiger partial charge in [-0.2, -0.15) is 13.2 Å². The van der Waals surface area contributed by atoms with Crippen LogP contribution in [-0.4, -0.2) is 25.3 Å². The average molecular weight is 461 g/mol. The van der Waals surface area contributed by atoms with Crippen LogP contribution in [-0.2, 0) is 13.2 Å². The van der Waals surface area contributed by atoms with E-state index in [1.165, 1.54) is 0 Å². The van der Waals surface area contributed by atoms with Gasteiger partial charge in [-0.3, -0.25) is 0 Å². The molecule has 0 saturated heterocycles. The lowest BCUT2D eigenvalue weighted by molar-refractivity contribution is -0.141. The van der Waals surface area contributed by atoms with E-state index >= 15 is 0 Å². The number of aromatic nitrogens is 4. The summed E-state index contributed by atoms with van der Waals surface area (Å²) in [5.74, 6) is 1.36. The Morgan fingerprint density at radius 2 is 1.81 bits per heavy atom. The third-order valence-electron chi connectivity index (χ3n) is 3.65. The molecular formula is C18H20BrF3N4S. The molecule has 3 aromatic rings. The zero-order valence-corrected chi connectivity index (χ0v) is 18.1. The highest BCUT2D eigenvalue weighted by molar-refractivity contribution is 9.10. The molecule has 0 unspecified atom stereocenters. The van der Waals surface area contributed by atoms with E-state index in [4.69, 9.17) is 0 Å². The fourth-order valence-corrected chi connectivity index (χ4v) is 3.71. The van der Waals surface area contributed by atoms with Crippen molar-refractivity contribution in [3.8, 4) is 11.5 Å². The molecule has 27 heavy (non-hydrogen) atoms. The number of pyridine rings is 2. The summed E-state index contributed by atoms with van der Waals surface area (Å²) in [4.78, 5) is 13.5. The van der Waals surface area contributed by atoms with Gasteiger partial charge in [0.1, 0.15) is 16.0 Å². The number of thioether (sulfide) groups is 1. The lowest BCUT2D eigenvalue weighted by Gasteiger charge is -2.09. The fraction of sp³-hybridized carbons (Fsp3) is 0.389. The van der Waals surface area contributed by atoms with Crippen molar-refractivity contribution in [1.82, 2.24) is 19.5 Å². The summed E-state index contributed by atoms with van der Waals surface area (Å²) in [6, 6.07) is 4.74. The number of nitrogens with zero attached hydrogens (tertiary/aromatic N) is 4. The molecule has 0 bridgehead atoms. The van der Waals surface area contributed by atoms with Crippen molar-refractivity contribution in [3.05, 3.63) is 34.2 Å².